The van der Waals surface area contributed by atoms with Gasteiger partial charge in [-0.3, -0.25) is 4.79 Å². The molecule has 1 aromatic heterocycles. The molecule has 1 aromatic rings. The zero-order valence-electron chi connectivity index (χ0n) is 7.14. The van der Waals surface area contributed by atoms with Gasteiger partial charge in [-0.2, -0.15) is 0 Å². The van der Waals surface area contributed by atoms with Crippen molar-refractivity contribution in [3.63, 3.8) is 0 Å². The Balaban J connectivity index is 2.09. The molecule has 1 unspecified atom stereocenters. The van der Waals surface area contributed by atoms with Gasteiger partial charge in [0.2, 0.25) is 0 Å². The highest BCUT2D eigenvalue weighted by Crippen LogP contribution is 2.43. The Morgan fingerprint density at radius 2 is 2.54 bits per heavy atom. The fourth-order valence-electron chi connectivity index (χ4n) is 1.61. The number of aliphatic carboxylic acids is 1. The number of aromatic nitrogens is 1. The maximum Gasteiger partial charge on any atom is 0.304 e. The molecule has 0 spiro atoms. The van der Waals surface area contributed by atoms with Gasteiger partial charge in [0.1, 0.15) is 6.26 Å². The van der Waals surface area contributed by atoms with Crippen LogP contribution in [0, 0.1) is 5.92 Å². The summed E-state index contributed by atoms with van der Waals surface area (Å²) in [5.41, 5.74) is 0.782. The summed E-state index contributed by atoms with van der Waals surface area (Å²) < 4.78 is 4.71. The van der Waals surface area contributed by atoms with Crippen molar-refractivity contribution in [3.05, 3.63) is 18.0 Å². The van der Waals surface area contributed by atoms with Crippen LogP contribution in [0.25, 0.3) is 0 Å². The van der Waals surface area contributed by atoms with Crippen LogP contribution in [0.2, 0.25) is 0 Å². The molecule has 2 rings (SSSR count). The van der Waals surface area contributed by atoms with Gasteiger partial charge < -0.3 is 9.63 Å². The lowest BCUT2D eigenvalue weighted by molar-refractivity contribution is -0.137. The van der Waals surface area contributed by atoms with E-state index in [-0.39, 0.29) is 12.3 Å². The summed E-state index contributed by atoms with van der Waals surface area (Å²) in [6.45, 7) is 0. The van der Waals surface area contributed by atoms with Crippen molar-refractivity contribution in [2.75, 3.05) is 0 Å². The molecule has 1 atom stereocenters. The Hall–Kier alpha value is -1.32. The van der Waals surface area contributed by atoms with E-state index in [2.05, 4.69) is 5.16 Å². The Morgan fingerprint density at radius 1 is 1.77 bits per heavy atom. The topological polar surface area (TPSA) is 63.3 Å². The van der Waals surface area contributed by atoms with Crippen LogP contribution in [-0.4, -0.2) is 16.2 Å². The van der Waals surface area contributed by atoms with Gasteiger partial charge in [0, 0.05) is 12.0 Å². The highest BCUT2D eigenvalue weighted by atomic mass is 16.5. The third-order valence-electron chi connectivity index (χ3n) is 2.42. The Kier molecular flexibility index (Phi) is 2.04. The minimum Gasteiger partial charge on any atom is -0.481 e. The number of carboxylic acid groups (broad SMARTS) is 1. The average molecular weight is 181 g/mol. The first-order chi connectivity index (χ1) is 6.27. The van der Waals surface area contributed by atoms with Crippen molar-refractivity contribution in [2.45, 2.75) is 25.2 Å². The monoisotopic (exact) mass is 181 g/mol. The first-order valence-electron chi connectivity index (χ1n) is 4.39. The molecule has 0 bridgehead atoms. The summed E-state index contributed by atoms with van der Waals surface area (Å²) in [5, 5.41) is 12.5. The lowest BCUT2D eigenvalue weighted by Crippen LogP contribution is -2.08. The molecule has 0 saturated heterocycles. The molecule has 70 valence electrons. The predicted octanol–water partition coefficient (Wildman–Crippen LogP) is 1.64. The number of carbonyl (C=O) groups is 1. The molecule has 1 aliphatic carbocycles. The van der Waals surface area contributed by atoms with Crippen LogP contribution >= 0.6 is 0 Å². The van der Waals surface area contributed by atoms with E-state index in [1.54, 1.807) is 6.07 Å². The van der Waals surface area contributed by atoms with Crippen LogP contribution in [0.5, 0.6) is 0 Å². The SMILES string of the molecule is O=C(O)CC(c1ccon1)C1CC1. The smallest absolute Gasteiger partial charge is 0.304 e. The molecule has 1 N–H and O–H groups in total. The van der Waals surface area contributed by atoms with Gasteiger partial charge in [-0.25, -0.2) is 0 Å². The van der Waals surface area contributed by atoms with Crippen molar-refractivity contribution in [1.82, 2.24) is 5.16 Å². The molecule has 4 heteroatoms. The second kappa shape index (κ2) is 3.20. The quantitative estimate of drug-likeness (QED) is 0.766. The zero-order valence-corrected chi connectivity index (χ0v) is 7.14. The summed E-state index contributed by atoms with van der Waals surface area (Å²) in [5.74, 6) is -0.211. The largest absolute Gasteiger partial charge is 0.481 e. The van der Waals surface area contributed by atoms with E-state index >= 15 is 0 Å². The first kappa shape index (κ1) is 8.29. The number of rotatable bonds is 4. The van der Waals surface area contributed by atoms with Crippen molar-refractivity contribution < 1.29 is 14.4 Å². The van der Waals surface area contributed by atoms with E-state index in [0.29, 0.717) is 5.92 Å². The molecule has 13 heavy (non-hydrogen) atoms. The summed E-state index contributed by atoms with van der Waals surface area (Å²) in [4.78, 5) is 10.6. The number of carboxylic acids is 1. The lowest BCUT2D eigenvalue weighted by Gasteiger charge is -2.08. The van der Waals surface area contributed by atoms with Gasteiger partial charge in [0.25, 0.3) is 0 Å². The molecule has 0 radical (unpaired) electrons. The van der Waals surface area contributed by atoms with Crippen LogP contribution < -0.4 is 0 Å². The molecule has 1 aliphatic rings. The van der Waals surface area contributed by atoms with Gasteiger partial charge in [0.15, 0.2) is 0 Å². The molecule has 0 amide bonds. The normalized spacial score (nSPS) is 18.5. The van der Waals surface area contributed by atoms with Crippen LogP contribution in [-0.2, 0) is 4.79 Å². The van der Waals surface area contributed by atoms with Crippen molar-refractivity contribution >= 4 is 5.97 Å². The molecule has 1 heterocycles. The second-order valence-electron chi connectivity index (χ2n) is 3.47. The molecule has 4 nitrogen and oxygen atoms in total. The summed E-state index contributed by atoms with van der Waals surface area (Å²) >= 11 is 0. The molecular formula is C9H11NO3. The van der Waals surface area contributed by atoms with Crippen LogP contribution in [0.3, 0.4) is 0 Å². The summed E-state index contributed by atoms with van der Waals surface area (Å²) in [6, 6.07) is 1.76. The van der Waals surface area contributed by atoms with Crippen LogP contribution in [0.4, 0.5) is 0 Å². The molecule has 0 aliphatic heterocycles. The zero-order chi connectivity index (χ0) is 9.26. The maximum atomic E-state index is 10.6. The maximum absolute atomic E-state index is 10.6. The van der Waals surface area contributed by atoms with E-state index in [1.165, 1.54) is 6.26 Å². The minimum atomic E-state index is -0.764. The van der Waals surface area contributed by atoms with Gasteiger partial charge in [-0.1, -0.05) is 5.16 Å². The molecule has 1 fully saturated rings. The van der Waals surface area contributed by atoms with Gasteiger partial charge in [-0.15, -0.1) is 0 Å². The van der Waals surface area contributed by atoms with Crippen molar-refractivity contribution in [3.8, 4) is 0 Å². The van der Waals surface area contributed by atoms with Crippen LogP contribution in [0.1, 0.15) is 30.9 Å². The third kappa shape index (κ3) is 1.88. The Labute approximate surface area is 75.5 Å². The highest BCUT2D eigenvalue weighted by Gasteiger charge is 2.35. The third-order valence-corrected chi connectivity index (χ3v) is 2.42. The van der Waals surface area contributed by atoms with Crippen molar-refractivity contribution in [1.29, 1.82) is 0 Å². The standard InChI is InChI=1S/C9H11NO3/c11-9(12)5-7(6-1-2-6)8-3-4-13-10-8/h3-4,6-7H,1-2,5H2,(H,11,12). The van der Waals surface area contributed by atoms with E-state index in [0.717, 1.165) is 18.5 Å². The van der Waals surface area contributed by atoms with Crippen LogP contribution in [0.15, 0.2) is 16.9 Å². The van der Waals surface area contributed by atoms with E-state index < -0.39 is 5.97 Å². The lowest BCUT2D eigenvalue weighted by atomic mass is 9.96. The van der Waals surface area contributed by atoms with E-state index in [1.807, 2.05) is 0 Å². The minimum absolute atomic E-state index is 0.0521. The van der Waals surface area contributed by atoms with Gasteiger partial charge >= 0.3 is 5.97 Å². The molecule has 1 saturated carbocycles. The fraction of sp³-hybridized carbons (Fsp3) is 0.556. The number of hydrogen-bond acceptors (Lipinski definition) is 3. The number of nitrogens with zero attached hydrogens (tertiary/aromatic N) is 1. The van der Waals surface area contributed by atoms with Gasteiger partial charge in [0.05, 0.1) is 12.1 Å². The average Bonchev–Trinajstić information content (AvgIpc) is 2.77. The van der Waals surface area contributed by atoms with E-state index in [4.69, 9.17) is 9.63 Å². The Bertz CT molecular complexity index is 290. The first-order valence-corrected chi connectivity index (χ1v) is 4.39. The molecule has 0 aromatic carbocycles. The number of hydrogen-bond donors (Lipinski definition) is 1. The highest BCUT2D eigenvalue weighted by molar-refractivity contribution is 5.68. The van der Waals surface area contributed by atoms with Gasteiger partial charge in [-0.05, 0) is 18.8 Å². The predicted molar refractivity (Wildman–Crippen MR) is 44.2 cm³/mol. The summed E-state index contributed by atoms with van der Waals surface area (Å²) in [7, 11) is 0. The Morgan fingerprint density at radius 3 is 3.00 bits per heavy atom. The summed E-state index contributed by atoms with van der Waals surface area (Å²) in [6.07, 6.45) is 3.89. The fourth-order valence-corrected chi connectivity index (χ4v) is 1.61. The second-order valence-corrected chi connectivity index (χ2v) is 3.47. The van der Waals surface area contributed by atoms with Crippen molar-refractivity contribution in [2.24, 2.45) is 5.92 Å². The van der Waals surface area contributed by atoms with E-state index in [9.17, 15) is 4.79 Å². The molecular weight excluding hydrogens is 170 g/mol.